The van der Waals surface area contributed by atoms with E-state index in [4.69, 9.17) is 11.6 Å². The second-order valence-electron chi connectivity index (χ2n) is 3.91. The second kappa shape index (κ2) is 5.82. The van der Waals surface area contributed by atoms with E-state index < -0.39 is 27.4 Å². The molecule has 10 heteroatoms. The van der Waals surface area contributed by atoms with E-state index in [-0.39, 0.29) is 4.90 Å². The van der Waals surface area contributed by atoms with Crippen molar-refractivity contribution < 1.29 is 18.1 Å². The predicted octanol–water partition coefficient (Wildman–Crippen LogP) is 5.18. The van der Waals surface area contributed by atoms with Gasteiger partial charge in [-0.1, -0.05) is 23.4 Å². The molecule has 0 bridgehead atoms. The van der Waals surface area contributed by atoms with Gasteiger partial charge in [-0.2, -0.15) is 13.2 Å². The van der Waals surface area contributed by atoms with Crippen LogP contribution in [0.2, 0.25) is 5.02 Å². The Morgan fingerprint density at radius 3 is 2.57 bits per heavy atom. The molecule has 112 valence electrons. The molecular weight excluding hydrogens is 349 g/mol. The first-order valence-electron chi connectivity index (χ1n) is 5.33. The van der Waals surface area contributed by atoms with Crippen LogP contribution in [0.15, 0.2) is 26.7 Å². The monoisotopic (exact) mass is 354 g/mol. The van der Waals surface area contributed by atoms with Gasteiger partial charge in [-0.25, -0.2) is 4.98 Å². The van der Waals surface area contributed by atoms with Crippen molar-refractivity contribution in [3.05, 3.63) is 43.9 Å². The molecule has 1 aromatic heterocycles. The zero-order valence-electron chi connectivity index (χ0n) is 10.3. The van der Waals surface area contributed by atoms with Gasteiger partial charge in [0.1, 0.15) is 0 Å². The molecular formula is C11H6ClF3N2O2S2. The maximum atomic E-state index is 12.7. The molecule has 2 aromatic rings. The molecule has 0 aliphatic heterocycles. The highest BCUT2D eigenvalue weighted by Crippen LogP contribution is 2.43. The highest BCUT2D eigenvalue weighted by molar-refractivity contribution is 8.01. The lowest BCUT2D eigenvalue weighted by Gasteiger charge is -2.10. The Morgan fingerprint density at radius 2 is 2.10 bits per heavy atom. The molecule has 1 heterocycles. The maximum absolute atomic E-state index is 12.7. The van der Waals surface area contributed by atoms with Crippen molar-refractivity contribution >= 4 is 40.4 Å². The van der Waals surface area contributed by atoms with Crippen LogP contribution < -0.4 is 0 Å². The van der Waals surface area contributed by atoms with Crippen molar-refractivity contribution in [3.8, 4) is 0 Å². The van der Waals surface area contributed by atoms with Crippen LogP contribution in [-0.4, -0.2) is 9.91 Å². The van der Waals surface area contributed by atoms with Crippen LogP contribution >= 0.6 is 34.7 Å². The van der Waals surface area contributed by atoms with Gasteiger partial charge >= 0.3 is 6.18 Å². The molecule has 0 amide bonds. The summed E-state index contributed by atoms with van der Waals surface area (Å²) in [5, 5.41) is 12.1. The molecule has 0 N–H and O–H groups in total. The van der Waals surface area contributed by atoms with Crippen molar-refractivity contribution in [2.45, 2.75) is 22.3 Å². The molecule has 0 aliphatic rings. The third-order valence-corrected chi connectivity index (χ3v) is 4.76. The molecule has 0 spiro atoms. The topological polar surface area (TPSA) is 56.0 Å². The van der Waals surface area contributed by atoms with Gasteiger partial charge in [-0.05, 0) is 13.0 Å². The number of nitro groups is 1. The molecule has 1 aromatic carbocycles. The van der Waals surface area contributed by atoms with Gasteiger partial charge in [0.25, 0.3) is 5.69 Å². The third kappa shape index (κ3) is 3.66. The Morgan fingerprint density at radius 1 is 1.43 bits per heavy atom. The second-order valence-corrected chi connectivity index (χ2v) is 6.47. The first-order chi connectivity index (χ1) is 9.68. The van der Waals surface area contributed by atoms with Crippen LogP contribution in [0.25, 0.3) is 0 Å². The van der Waals surface area contributed by atoms with Crippen LogP contribution in [0.1, 0.15) is 11.3 Å². The first-order valence-corrected chi connectivity index (χ1v) is 7.41. The lowest BCUT2D eigenvalue weighted by molar-refractivity contribution is -0.388. The summed E-state index contributed by atoms with van der Waals surface area (Å²) in [6, 6.07) is 1.40. The summed E-state index contributed by atoms with van der Waals surface area (Å²) in [5.41, 5.74) is -1.15. The summed E-state index contributed by atoms with van der Waals surface area (Å²) >= 11 is 7.74. The van der Waals surface area contributed by atoms with Crippen LogP contribution in [0, 0.1) is 17.0 Å². The van der Waals surface area contributed by atoms with E-state index in [0.29, 0.717) is 10.4 Å². The van der Waals surface area contributed by atoms with E-state index in [9.17, 15) is 23.3 Å². The predicted molar refractivity (Wildman–Crippen MR) is 74.1 cm³/mol. The number of hydrogen-bond acceptors (Lipinski definition) is 5. The fourth-order valence-corrected chi connectivity index (χ4v) is 3.71. The Bertz CT molecular complexity index is 703. The molecule has 21 heavy (non-hydrogen) atoms. The molecule has 0 atom stereocenters. The summed E-state index contributed by atoms with van der Waals surface area (Å²) < 4.78 is 38.7. The molecule has 0 radical (unpaired) electrons. The molecule has 0 saturated heterocycles. The number of aryl methyl sites for hydroxylation is 1. The van der Waals surface area contributed by atoms with E-state index in [0.717, 1.165) is 23.5 Å². The minimum atomic E-state index is -4.75. The van der Waals surface area contributed by atoms with E-state index in [1.807, 2.05) is 0 Å². The average Bonchev–Trinajstić information content (AvgIpc) is 2.72. The van der Waals surface area contributed by atoms with Gasteiger partial charge in [0, 0.05) is 17.1 Å². The molecule has 2 rings (SSSR count). The lowest BCUT2D eigenvalue weighted by atomic mass is 10.2. The third-order valence-electron chi connectivity index (χ3n) is 2.35. The summed E-state index contributed by atoms with van der Waals surface area (Å²) in [6.45, 7) is 1.74. The first kappa shape index (κ1) is 16.1. The Balaban J connectivity index is 2.50. The fourth-order valence-electron chi connectivity index (χ4n) is 1.46. The van der Waals surface area contributed by atoms with Crippen molar-refractivity contribution in [1.29, 1.82) is 0 Å². The number of nitrogens with zero attached hydrogens (tertiary/aromatic N) is 2. The number of hydrogen-bond donors (Lipinski definition) is 0. The van der Waals surface area contributed by atoms with Gasteiger partial charge < -0.3 is 0 Å². The Hall–Kier alpha value is -1.32. The lowest BCUT2D eigenvalue weighted by Crippen LogP contribution is -2.07. The number of halogens is 4. The van der Waals surface area contributed by atoms with E-state index >= 15 is 0 Å². The smallest absolute Gasteiger partial charge is 0.258 e. The quantitative estimate of drug-likeness (QED) is 0.562. The SMILES string of the molecule is Cc1csc(Sc2cc(Cl)c(C(F)(F)F)cc2[N+](=O)[O-])n1. The minimum absolute atomic E-state index is 0.0207. The number of nitro benzene ring substituents is 1. The highest BCUT2D eigenvalue weighted by Gasteiger charge is 2.36. The largest absolute Gasteiger partial charge is 0.418 e. The van der Waals surface area contributed by atoms with Gasteiger partial charge in [0.05, 0.1) is 20.4 Å². The fraction of sp³-hybridized carbons (Fsp3) is 0.182. The number of aromatic nitrogens is 1. The molecule has 0 saturated carbocycles. The summed E-state index contributed by atoms with van der Waals surface area (Å²) in [7, 11) is 0. The van der Waals surface area contributed by atoms with Gasteiger partial charge in [-0.3, -0.25) is 10.1 Å². The van der Waals surface area contributed by atoms with Crippen LogP contribution in [0.3, 0.4) is 0 Å². The Labute approximate surface area is 130 Å². The highest BCUT2D eigenvalue weighted by atomic mass is 35.5. The zero-order valence-corrected chi connectivity index (χ0v) is 12.7. The van der Waals surface area contributed by atoms with Crippen LogP contribution in [-0.2, 0) is 6.18 Å². The summed E-state index contributed by atoms with van der Waals surface area (Å²) in [6.07, 6.45) is -4.75. The average molecular weight is 355 g/mol. The molecule has 0 aliphatic carbocycles. The normalized spacial score (nSPS) is 11.7. The van der Waals surface area contributed by atoms with Crippen LogP contribution in [0.5, 0.6) is 0 Å². The van der Waals surface area contributed by atoms with Gasteiger partial charge in [0.15, 0.2) is 4.34 Å². The maximum Gasteiger partial charge on any atom is 0.418 e. The van der Waals surface area contributed by atoms with E-state index in [1.54, 1.807) is 12.3 Å². The molecule has 4 nitrogen and oxygen atoms in total. The number of benzene rings is 1. The number of alkyl halides is 3. The zero-order chi connectivity index (χ0) is 15.8. The molecule has 0 fully saturated rings. The van der Waals surface area contributed by atoms with Gasteiger partial charge in [-0.15, -0.1) is 11.3 Å². The van der Waals surface area contributed by atoms with Crippen LogP contribution in [0.4, 0.5) is 18.9 Å². The van der Waals surface area contributed by atoms with Crippen molar-refractivity contribution in [2.24, 2.45) is 0 Å². The minimum Gasteiger partial charge on any atom is -0.258 e. The molecule has 0 unspecified atom stereocenters. The standard InChI is InChI=1S/C11H6ClF3N2O2S2/c1-5-4-20-10(16-5)21-9-3-7(12)6(11(13,14)15)2-8(9)17(18)19/h2-4H,1H3. The van der Waals surface area contributed by atoms with E-state index in [1.165, 1.54) is 11.3 Å². The van der Waals surface area contributed by atoms with Crippen molar-refractivity contribution in [2.75, 3.05) is 0 Å². The van der Waals surface area contributed by atoms with Gasteiger partial charge in [0.2, 0.25) is 0 Å². The summed E-state index contributed by atoms with van der Waals surface area (Å²) in [5.74, 6) is 0. The van der Waals surface area contributed by atoms with E-state index in [2.05, 4.69) is 4.98 Å². The Kier molecular flexibility index (Phi) is 4.45. The number of rotatable bonds is 3. The summed E-state index contributed by atoms with van der Waals surface area (Å²) in [4.78, 5) is 14.2. The number of thiazole rings is 1. The van der Waals surface area contributed by atoms with Crippen molar-refractivity contribution in [1.82, 2.24) is 4.98 Å². The van der Waals surface area contributed by atoms with Crippen molar-refractivity contribution in [3.63, 3.8) is 0 Å².